The van der Waals surface area contributed by atoms with Gasteiger partial charge in [0.2, 0.25) is 5.56 Å². The molecule has 1 aromatic carbocycles. The molecule has 5 nitrogen and oxygen atoms in total. The van der Waals surface area contributed by atoms with Gasteiger partial charge in [0.05, 0.1) is 5.39 Å². The molecular formula is C15H15N3O2. The Morgan fingerprint density at radius 1 is 1.20 bits per heavy atom. The lowest BCUT2D eigenvalue weighted by molar-refractivity contribution is 0.460. The third kappa shape index (κ3) is 2.07. The van der Waals surface area contributed by atoms with Crippen molar-refractivity contribution in [3.05, 3.63) is 46.4 Å². The van der Waals surface area contributed by atoms with Gasteiger partial charge in [0.25, 0.3) is 0 Å². The molecule has 0 aliphatic heterocycles. The predicted octanol–water partition coefficient (Wildman–Crippen LogP) is 2.89. The Kier molecular flexibility index (Phi) is 2.82. The summed E-state index contributed by atoms with van der Waals surface area (Å²) in [5.41, 5.74) is 8.87. The summed E-state index contributed by atoms with van der Waals surface area (Å²) in [4.78, 5) is 14.6. The number of nitrogens with two attached hydrogens (primary N) is 1. The van der Waals surface area contributed by atoms with E-state index in [1.807, 2.05) is 38.1 Å². The fourth-order valence-corrected chi connectivity index (χ4v) is 2.18. The van der Waals surface area contributed by atoms with Crippen LogP contribution in [0.4, 0.5) is 5.82 Å². The molecule has 2 heterocycles. The van der Waals surface area contributed by atoms with Crippen LogP contribution in [0.2, 0.25) is 0 Å². The number of fused-ring (bicyclic) bond motifs is 1. The van der Waals surface area contributed by atoms with Crippen molar-refractivity contribution < 1.29 is 4.52 Å². The number of anilines is 1. The Morgan fingerprint density at radius 3 is 2.75 bits per heavy atom. The molecule has 0 unspecified atom stereocenters. The first kappa shape index (κ1) is 12.5. The van der Waals surface area contributed by atoms with Crippen LogP contribution in [0.25, 0.3) is 22.1 Å². The molecule has 2 aromatic heterocycles. The van der Waals surface area contributed by atoms with E-state index < -0.39 is 0 Å². The van der Waals surface area contributed by atoms with Crippen LogP contribution in [0, 0.1) is 0 Å². The third-order valence-corrected chi connectivity index (χ3v) is 3.32. The molecule has 20 heavy (non-hydrogen) atoms. The molecule has 3 rings (SSSR count). The molecule has 0 bridgehead atoms. The van der Waals surface area contributed by atoms with Gasteiger partial charge < -0.3 is 15.2 Å². The number of pyridine rings is 1. The Labute approximate surface area is 115 Å². The zero-order valence-corrected chi connectivity index (χ0v) is 11.3. The average Bonchev–Trinajstić information content (AvgIpc) is 2.79. The monoisotopic (exact) mass is 269 g/mol. The first-order valence-electron chi connectivity index (χ1n) is 6.44. The number of hydrogen-bond donors (Lipinski definition) is 2. The summed E-state index contributed by atoms with van der Waals surface area (Å²) >= 11 is 0. The van der Waals surface area contributed by atoms with Gasteiger partial charge in [-0.05, 0) is 35.2 Å². The Hall–Kier alpha value is -2.56. The number of aromatic nitrogens is 2. The molecular weight excluding hydrogens is 254 g/mol. The maximum atomic E-state index is 11.7. The molecule has 0 aliphatic carbocycles. The van der Waals surface area contributed by atoms with Crippen molar-refractivity contribution in [1.29, 1.82) is 0 Å². The summed E-state index contributed by atoms with van der Waals surface area (Å²) in [6, 6.07) is 9.17. The van der Waals surface area contributed by atoms with Crippen LogP contribution >= 0.6 is 0 Å². The van der Waals surface area contributed by atoms with E-state index in [2.05, 4.69) is 10.1 Å². The SMILES string of the molecule is CC(C)c1cc(-c2ccc3c(N)noc3c2)cc(=O)[nH]1. The van der Waals surface area contributed by atoms with Crippen molar-refractivity contribution in [3.63, 3.8) is 0 Å². The fourth-order valence-electron chi connectivity index (χ4n) is 2.18. The van der Waals surface area contributed by atoms with Crippen LogP contribution in [0.1, 0.15) is 25.5 Å². The van der Waals surface area contributed by atoms with Crippen molar-refractivity contribution in [2.45, 2.75) is 19.8 Å². The zero-order chi connectivity index (χ0) is 14.3. The molecule has 102 valence electrons. The topological polar surface area (TPSA) is 84.9 Å². The van der Waals surface area contributed by atoms with Gasteiger partial charge in [-0.1, -0.05) is 25.1 Å². The van der Waals surface area contributed by atoms with E-state index in [0.29, 0.717) is 11.4 Å². The first-order chi connectivity index (χ1) is 9.54. The molecule has 0 saturated carbocycles. The summed E-state index contributed by atoms with van der Waals surface area (Å²) in [6.07, 6.45) is 0. The van der Waals surface area contributed by atoms with Crippen LogP contribution in [0.3, 0.4) is 0 Å². The highest BCUT2D eigenvalue weighted by Crippen LogP contribution is 2.27. The van der Waals surface area contributed by atoms with E-state index in [-0.39, 0.29) is 11.5 Å². The third-order valence-electron chi connectivity index (χ3n) is 3.32. The number of nitrogens with zero attached hydrogens (tertiary/aromatic N) is 1. The molecule has 5 heteroatoms. The van der Waals surface area contributed by atoms with Crippen molar-refractivity contribution in [1.82, 2.24) is 10.1 Å². The fraction of sp³-hybridized carbons (Fsp3) is 0.200. The molecule has 0 atom stereocenters. The summed E-state index contributed by atoms with van der Waals surface area (Å²) in [5, 5.41) is 4.51. The largest absolute Gasteiger partial charge is 0.380 e. The summed E-state index contributed by atoms with van der Waals surface area (Å²) in [7, 11) is 0. The van der Waals surface area contributed by atoms with Gasteiger partial charge in [0, 0.05) is 11.8 Å². The second kappa shape index (κ2) is 4.52. The minimum absolute atomic E-state index is 0.108. The lowest BCUT2D eigenvalue weighted by Gasteiger charge is -2.08. The molecule has 0 fully saturated rings. The van der Waals surface area contributed by atoms with Crippen LogP contribution in [-0.2, 0) is 0 Å². The van der Waals surface area contributed by atoms with Crippen molar-refractivity contribution in [2.24, 2.45) is 0 Å². The Morgan fingerprint density at radius 2 is 2.00 bits per heavy atom. The van der Waals surface area contributed by atoms with Gasteiger partial charge in [-0.25, -0.2) is 0 Å². The normalized spacial score (nSPS) is 11.3. The molecule has 3 N–H and O–H groups in total. The lowest BCUT2D eigenvalue weighted by atomic mass is 10.0. The first-order valence-corrected chi connectivity index (χ1v) is 6.44. The number of nitrogens with one attached hydrogen (secondary N) is 1. The summed E-state index contributed by atoms with van der Waals surface area (Å²) < 4.78 is 5.16. The van der Waals surface area contributed by atoms with E-state index in [4.69, 9.17) is 10.3 Å². The minimum Gasteiger partial charge on any atom is -0.380 e. The van der Waals surface area contributed by atoms with E-state index in [1.54, 1.807) is 6.07 Å². The predicted molar refractivity (Wildman–Crippen MR) is 78.6 cm³/mol. The van der Waals surface area contributed by atoms with E-state index in [9.17, 15) is 4.79 Å². The standard InChI is InChI=1S/C15H15N3O2/c1-8(2)12-5-10(7-14(19)17-12)9-3-4-11-13(6-9)20-18-15(11)16/h3-8H,1-2H3,(H2,16,18)(H,17,19). The van der Waals surface area contributed by atoms with Gasteiger partial charge in [0.15, 0.2) is 11.4 Å². The maximum absolute atomic E-state index is 11.7. The molecule has 3 aromatic rings. The second-order valence-corrected chi connectivity index (χ2v) is 5.12. The second-order valence-electron chi connectivity index (χ2n) is 5.12. The average molecular weight is 269 g/mol. The van der Waals surface area contributed by atoms with Gasteiger partial charge in [-0.2, -0.15) is 0 Å². The van der Waals surface area contributed by atoms with Gasteiger partial charge in [-0.3, -0.25) is 4.79 Å². The van der Waals surface area contributed by atoms with Gasteiger partial charge in [-0.15, -0.1) is 0 Å². The molecule has 0 amide bonds. The number of H-pyrrole nitrogens is 1. The maximum Gasteiger partial charge on any atom is 0.248 e. The molecule has 0 aliphatic rings. The van der Waals surface area contributed by atoms with Crippen molar-refractivity contribution in [2.75, 3.05) is 5.73 Å². The van der Waals surface area contributed by atoms with Crippen molar-refractivity contribution in [3.8, 4) is 11.1 Å². The highest BCUT2D eigenvalue weighted by atomic mass is 16.5. The molecule has 0 saturated heterocycles. The van der Waals surface area contributed by atoms with Crippen LogP contribution in [0.15, 0.2) is 39.6 Å². The van der Waals surface area contributed by atoms with Crippen molar-refractivity contribution >= 4 is 16.8 Å². The summed E-state index contributed by atoms with van der Waals surface area (Å²) in [5.74, 6) is 0.632. The molecule has 0 radical (unpaired) electrons. The zero-order valence-electron chi connectivity index (χ0n) is 11.3. The van der Waals surface area contributed by atoms with Crippen LogP contribution in [0.5, 0.6) is 0 Å². The van der Waals surface area contributed by atoms with Gasteiger partial charge in [0.1, 0.15) is 0 Å². The quantitative estimate of drug-likeness (QED) is 0.749. The van der Waals surface area contributed by atoms with Crippen LogP contribution in [-0.4, -0.2) is 10.1 Å². The summed E-state index contributed by atoms with van der Waals surface area (Å²) in [6.45, 7) is 4.07. The van der Waals surface area contributed by atoms with E-state index in [0.717, 1.165) is 22.2 Å². The number of hydrogen-bond acceptors (Lipinski definition) is 4. The highest BCUT2D eigenvalue weighted by Gasteiger charge is 2.09. The lowest BCUT2D eigenvalue weighted by Crippen LogP contribution is -2.08. The Bertz CT molecular complexity index is 830. The number of nitrogen functional groups attached to an aromatic ring is 1. The Balaban J connectivity index is 2.17. The molecule has 0 spiro atoms. The van der Waals surface area contributed by atoms with E-state index in [1.165, 1.54) is 0 Å². The number of aromatic amines is 1. The van der Waals surface area contributed by atoms with Gasteiger partial charge >= 0.3 is 0 Å². The minimum atomic E-state index is -0.108. The number of benzene rings is 1. The van der Waals surface area contributed by atoms with E-state index >= 15 is 0 Å². The van der Waals surface area contributed by atoms with Crippen LogP contribution < -0.4 is 11.3 Å². The highest BCUT2D eigenvalue weighted by molar-refractivity contribution is 5.90. The smallest absolute Gasteiger partial charge is 0.248 e. The number of rotatable bonds is 2.